The summed E-state index contributed by atoms with van der Waals surface area (Å²) in [6.07, 6.45) is 11.5. The number of carbonyl (C=O) groups excluding carboxylic acids is 3. The Bertz CT molecular complexity index is 1060. The minimum absolute atomic E-state index is 0.00112. The van der Waals surface area contributed by atoms with Gasteiger partial charge in [0.15, 0.2) is 11.6 Å². The SMILES string of the molecule is CC1=C(CO)C(=O)O[C@@H]([C@@H](C)C2=CC[C@H]3[C@@H]4CC=C5C(=O)C=CC(=O)[C@]5(C)[C@H]4CC[C@]23C)C1. The van der Waals surface area contributed by atoms with Crippen molar-refractivity contribution in [2.24, 2.45) is 34.5 Å². The smallest absolute Gasteiger partial charge is 0.336 e. The van der Waals surface area contributed by atoms with Gasteiger partial charge in [-0.1, -0.05) is 37.1 Å². The normalized spacial score (nSPS) is 41.1. The molecule has 0 unspecified atom stereocenters. The first kappa shape index (κ1) is 22.5. The van der Waals surface area contributed by atoms with E-state index in [1.807, 2.05) is 19.9 Å². The summed E-state index contributed by atoms with van der Waals surface area (Å²) < 4.78 is 5.78. The van der Waals surface area contributed by atoms with Crippen molar-refractivity contribution in [3.05, 3.63) is 46.6 Å². The van der Waals surface area contributed by atoms with Crippen molar-refractivity contribution in [2.45, 2.75) is 65.9 Å². The van der Waals surface area contributed by atoms with Crippen LogP contribution in [0.5, 0.6) is 0 Å². The second-order valence-electron chi connectivity index (χ2n) is 11.2. The van der Waals surface area contributed by atoms with Gasteiger partial charge in [-0.25, -0.2) is 4.79 Å². The molecular formula is C28H34O5. The molecule has 1 aliphatic heterocycles. The van der Waals surface area contributed by atoms with Gasteiger partial charge >= 0.3 is 5.97 Å². The molecule has 0 saturated heterocycles. The van der Waals surface area contributed by atoms with Gasteiger partial charge in [-0.05, 0) is 74.9 Å². The summed E-state index contributed by atoms with van der Waals surface area (Å²) in [5, 5.41) is 9.49. The zero-order valence-electron chi connectivity index (χ0n) is 20.0. The molecule has 5 nitrogen and oxygen atoms in total. The average Bonchev–Trinajstić information content (AvgIpc) is 3.13. The molecule has 5 heteroatoms. The zero-order valence-corrected chi connectivity index (χ0v) is 20.0. The molecule has 4 aliphatic carbocycles. The van der Waals surface area contributed by atoms with Crippen LogP contribution in [0.1, 0.15) is 59.8 Å². The van der Waals surface area contributed by atoms with Gasteiger partial charge in [-0.3, -0.25) is 9.59 Å². The third-order valence-electron chi connectivity index (χ3n) is 9.87. The molecule has 1 saturated carbocycles. The first-order valence-electron chi connectivity index (χ1n) is 12.3. The molecule has 5 rings (SSSR count). The van der Waals surface area contributed by atoms with Crippen molar-refractivity contribution >= 4 is 17.5 Å². The minimum atomic E-state index is -0.702. The van der Waals surface area contributed by atoms with Crippen LogP contribution < -0.4 is 0 Å². The zero-order chi connectivity index (χ0) is 23.7. The summed E-state index contributed by atoms with van der Waals surface area (Å²) in [6, 6.07) is 0. The molecule has 33 heavy (non-hydrogen) atoms. The largest absolute Gasteiger partial charge is 0.458 e. The van der Waals surface area contributed by atoms with Crippen LogP contribution >= 0.6 is 0 Å². The lowest BCUT2D eigenvalue weighted by Gasteiger charge is -2.56. The number of aliphatic hydroxyl groups excluding tert-OH is 1. The van der Waals surface area contributed by atoms with Crippen molar-refractivity contribution in [3.8, 4) is 0 Å². The fraction of sp³-hybridized carbons (Fsp3) is 0.607. The van der Waals surface area contributed by atoms with Gasteiger partial charge in [0.25, 0.3) is 0 Å². The summed E-state index contributed by atoms with van der Waals surface area (Å²) in [4.78, 5) is 38.0. The molecule has 0 spiro atoms. The standard InChI is InChI=1S/C28H34O5/c1-15-13-24(33-26(32)18(15)14-29)16(2)19-7-8-20-17-5-6-22-23(30)9-10-25(31)28(22,4)21(17)11-12-27(19,20)3/h6-7,9-10,16-17,20-21,24,29H,5,8,11-14H2,1-4H3/t16-,17-,20-,21-,24+,27+,28+/m0/s1. The van der Waals surface area contributed by atoms with Gasteiger partial charge in [0.2, 0.25) is 0 Å². The Labute approximate surface area is 195 Å². The number of carbonyl (C=O) groups is 3. The Hall–Kier alpha value is -2.27. The number of fused-ring (bicyclic) bond motifs is 5. The lowest BCUT2D eigenvalue weighted by atomic mass is 9.47. The van der Waals surface area contributed by atoms with Crippen LogP contribution in [0.25, 0.3) is 0 Å². The molecule has 7 atom stereocenters. The third kappa shape index (κ3) is 3.04. The quantitative estimate of drug-likeness (QED) is 0.513. The van der Waals surface area contributed by atoms with Gasteiger partial charge in [-0.2, -0.15) is 0 Å². The predicted octanol–water partition coefficient (Wildman–Crippen LogP) is 4.27. The van der Waals surface area contributed by atoms with Gasteiger partial charge in [0.1, 0.15) is 6.10 Å². The van der Waals surface area contributed by atoms with E-state index in [2.05, 4.69) is 19.9 Å². The molecular weight excluding hydrogens is 416 g/mol. The Morgan fingerprint density at radius 1 is 1.12 bits per heavy atom. The number of ether oxygens (including phenoxy) is 1. The summed E-state index contributed by atoms with van der Waals surface area (Å²) in [5.41, 5.74) is 2.68. The van der Waals surface area contributed by atoms with E-state index < -0.39 is 11.4 Å². The van der Waals surface area contributed by atoms with Crippen molar-refractivity contribution in [1.29, 1.82) is 0 Å². The van der Waals surface area contributed by atoms with Crippen LogP contribution in [-0.2, 0) is 19.1 Å². The summed E-state index contributed by atoms with van der Waals surface area (Å²) in [5.74, 6) is 0.731. The number of hydrogen-bond donors (Lipinski definition) is 1. The maximum atomic E-state index is 13.1. The van der Waals surface area contributed by atoms with E-state index in [1.165, 1.54) is 17.7 Å². The van der Waals surface area contributed by atoms with Gasteiger partial charge in [0, 0.05) is 17.9 Å². The van der Waals surface area contributed by atoms with Gasteiger partial charge < -0.3 is 9.84 Å². The molecule has 1 heterocycles. The summed E-state index contributed by atoms with van der Waals surface area (Å²) in [6.45, 7) is 8.14. The maximum absolute atomic E-state index is 13.1. The third-order valence-corrected chi connectivity index (χ3v) is 9.87. The molecule has 5 aliphatic rings. The first-order valence-corrected chi connectivity index (χ1v) is 12.3. The van der Waals surface area contributed by atoms with E-state index in [-0.39, 0.29) is 41.5 Å². The van der Waals surface area contributed by atoms with Crippen LogP contribution in [0.15, 0.2) is 46.6 Å². The van der Waals surface area contributed by atoms with E-state index in [9.17, 15) is 19.5 Å². The highest BCUT2D eigenvalue weighted by Crippen LogP contribution is 2.64. The fourth-order valence-electron chi connectivity index (χ4n) is 7.92. The molecule has 0 aromatic rings. The van der Waals surface area contributed by atoms with Crippen LogP contribution in [0.2, 0.25) is 0 Å². The molecule has 176 valence electrons. The minimum Gasteiger partial charge on any atom is -0.458 e. The number of esters is 1. The molecule has 0 aromatic heterocycles. The second kappa shape index (κ2) is 7.63. The van der Waals surface area contributed by atoms with E-state index in [0.717, 1.165) is 31.3 Å². The van der Waals surface area contributed by atoms with Crippen LogP contribution in [0.3, 0.4) is 0 Å². The highest BCUT2D eigenvalue weighted by atomic mass is 16.5. The van der Waals surface area contributed by atoms with Crippen LogP contribution in [0.4, 0.5) is 0 Å². The molecule has 0 bridgehead atoms. The number of aliphatic hydroxyl groups is 1. The lowest BCUT2D eigenvalue weighted by Crippen LogP contribution is -2.53. The molecule has 1 fully saturated rings. The van der Waals surface area contributed by atoms with Gasteiger partial charge in [0.05, 0.1) is 17.6 Å². The highest BCUT2D eigenvalue weighted by Gasteiger charge is 2.60. The number of allylic oxidation sites excluding steroid dienone is 5. The monoisotopic (exact) mass is 450 g/mol. The molecule has 0 radical (unpaired) electrons. The highest BCUT2D eigenvalue weighted by molar-refractivity contribution is 6.18. The number of hydrogen-bond acceptors (Lipinski definition) is 5. The summed E-state index contributed by atoms with van der Waals surface area (Å²) >= 11 is 0. The second-order valence-corrected chi connectivity index (χ2v) is 11.2. The lowest BCUT2D eigenvalue weighted by molar-refractivity contribution is -0.148. The van der Waals surface area contributed by atoms with Crippen LogP contribution in [0, 0.1) is 34.5 Å². The van der Waals surface area contributed by atoms with Crippen molar-refractivity contribution in [1.82, 2.24) is 0 Å². The maximum Gasteiger partial charge on any atom is 0.336 e. The van der Waals surface area contributed by atoms with E-state index in [1.54, 1.807) is 0 Å². The molecule has 0 amide bonds. The number of rotatable bonds is 3. The predicted molar refractivity (Wildman–Crippen MR) is 124 cm³/mol. The fourth-order valence-corrected chi connectivity index (χ4v) is 7.92. The number of cyclic esters (lactones) is 1. The Balaban J connectivity index is 1.41. The van der Waals surface area contributed by atoms with Crippen LogP contribution in [-0.4, -0.2) is 35.4 Å². The van der Waals surface area contributed by atoms with Crippen molar-refractivity contribution in [2.75, 3.05) is 6.61 Å². The topological polar surface area (TPSA) is 80.7 Å². The van der Waals surface area contributed by atoms with E-state index in [0.29, 0.717) is 29.4 Å². The first-order chi connectivity index (χ1) is 15.6. The summed E-state index contributed by atoms with van der Waals surface area (Å²) in [7, 11) is 0. The van der Waals surface area contributed by atoms with Gasteiger partial charge in [-0.15, -0.1) is 0 Å². The van der Waals surface area contributed by atoms with Crippen molar-refractivity contribution in [3.63, 3.8) is 0 Å². The Morgan fingerprint density at radius 2 is 1.88 bits per heavy atom. The van der Waals surface area contributed by atoms with Crippen molar-refractivity contribution < 1.29 is 24.2 Å². The van der Waals surface area contributed by atoms with E-state index >= 15 is 0 Å². The van der Waals surface area contributed by atoms with E-state index in [4.69, 9.17) is 4.74 Å². The molecule has 0 aromatic carbocycles. The Morgan fingerprint density at radius 3 is 2.58 bits per heavy atom. The number of ketones is 2. The molecule has 1 N–H and O–H groups in total. The Kier molecular flexibility index (Phi) is 5.20. The average molecular weight is 451 g/mol.